The summed E-state index contributed by atoms with van der Waals surface area (Å²) in [7, 11) is 5.50. The van der Waals surface area contributed by atoms with Gasteiger partial charge in [0.05, 0.1) is 34.4 Å². The molecule has 2 atom stereocenters. The maximum absolute atomic E-state index is 12.8. The number of carbonyl (C=O) groups excluding carboxylic acids is 2. The number of allylic oxidation sites excluding steroid dienone is 22. The minimum atomic E-state index is -0.891. The predicted octanol–water partition coefficient (Wildman–Crippen LogP) is 14.7. The van der Waals surface area contributed by atoms with Gasteiger partial charge in [-0.15, -0.1) is 0 Å². The number of hydrogen-bond donors (Lipinski definition) is 1. The maximum Gasteiger partial charge on any atom is 0.362 e. The van der Waals surface area contributed by atoms with Gasteiger partial charge in [0.2, 0.25) is 0 Å². The minimum Gasteiger partial charge on any atom is -0.477 e. The topological polar surface area (TPSA) is 99.1 Å². The number of carboxylic acid groups (broad SMARTS) is 1. The van der Waals surface area contributed by atoms with E-state index in [0.29, 0.717) is 12.8 Å². The first-order chi connectivity index (χ1) is 32.1. The third-order valence-electron chi connectivity index (χ3n) is 10.3. The van der Waals surface area contributed by atoms with E-state index in [1.165, 1.54) is 0 Å². The normalized spacial score (nSPS) is 14.0. The molecule has 0 rings (SSSR count). The number of rotatable bonds is 43. The fraction of sp³-hybridized carbons (Fsp3) is 0.569. The highest BCUT2D eigenvalue weighted by molar-refractivity contribution is 5.72. The highest BCUT2D eigenvalue weighted by Crippen LogP contribution is 2.12. The maximum atomic E-state index is 12.8. The molecule has 0 aromatic carbocycles. The van der Waals surface area contributed by atoms with Crippen LogP contribution in [0, 0.1) is 0 Å². The second-order valence-electron chi connectivity index (χ2n) is 17.3. The minimum absolute atomic E-state index is 0.0295. The molecule has 1 N–H and O–H groups in total. The van der Waals surface area contributed by atoms with Crippen LogP contribution in [0.3, 0.4) is 0 Å². The lowest BCUT2D eigenvalue weighted by Crippen LogP contribution is -2.50. The van der Waals surface area contributed by atoms with E-state index in [1.807, 2.05) is 21.1 Å². The first-order valence-electron chi connectivity index (χ1n) is 25.2. The van der Waals surface area contributed by atoms with E-state index in [4.69, 9.17) is 14.2 Å². The molecule has 2 unspecified atom stereocenters. The standard InChI is InChI=1S/C58H91NO7/c1-6-8-10-12-14-16-18-20-22-24-26-27-28-29-31-33-35-37-39-41-43-45-47-49-57(61)66-54(52-64-51-50-55(58(62)63)59(3,4)5)53-65-56(60)48-46-44-42-40-38-36-34-32-30-25-23-21-19-17-15-13-11-9-7-2/h8-11,14-17,20-23,26-27,29-32,35-38,54-55H,6-7,12-13,18-19,24-25,28,33-34,39-53H2,1-5H3/p+1/b10-8+,11-9+,16-14+,17-15+,22-20+,23-21+,27-26+,31-29+,32-30+,37-35+,38-36+. The van der Waals surface area contributed by atoms with E-state index in [2.05, 4.69) is 148 Å². The summed E-state index contributed by atoms with van der Waals surface area (Å²) < 4.78 is 17.3. The predicted molar refractivity (Wildman–Crippen MR) is 279 cm³/mol. The molecular formula is C58H92NO7+. The molecule has 8 heteroatoms. The van der Waals surface area contributed by atoms with Gasteiger partial charge in [-0.25, -0.2) is 4.79 Å². The number of likely N-dealkylation sites (N-methyl/N-ethyl adjacent to an activating group) is 1. The first-order valence-corrected chi connectivity index (χ1v) is 25.2. The van der Waals surface area contributed by atoms with Crippen molar-refractivity contribution < 1.29 is 38.2 Å². The molecule has 0 bridgehead atoms. The summed E-state index contributed by atoms with van der Waals surface area (Å²) in [5.41, 5.74) is 0. The van der Waals surface area contributed by atoms with Crippen molar-refractivity contribution in [3.63, 3.8) is 0 Å². The van der Waals surface area contributed by atoms with E-state index in [9.17, 15) is 19.5 Å². The van der Waals surface area contributed by atoms with Crippen LogP contribution in [0.15, 0.2) is 134 Å². The van der Waals surface area contributed by atoms with Crippen molar-refractivity contribution in [3.8, 4) is 0 Å². The number of carbonyl (C=O) groups is 3. The molecule has 0 saturated heterocycles. The molecule has 8 nitrogen and oxygen atoms in total. The summed E-state index contributed by atoms with van der Waals surface area (Å²) in [6.45, 7) is 4.42. The smallest absolute Gasteiger partial charge is 0.362 e. The fourth-order valence-corrected chi connectivity index (χ4v) is 6.47. The van der Waals surface area contributed by atoms with Gasteiger partial charge in [-0.05, 0) is 109 Å². The Morgan fingerprint density at radius 1 is 0.455 bits per heavy atom. The molecule has 0 radical (unpaired) electrons. The van der Waals surface area contributed by atoms with Crippen molar-refractivity contribution in [1.82, 2.24) is 0 Å². The van der Waals surface area contributed by atoms with Crippen LogP contribution in [0.4, 0.5) is 0 Å². The molecule has 0 aromatic heterocycles. The molecule has 0 aromatic rings. The number of aliphatic carboxylic acids is 1. The van der Waals surface area contributed by atoms with E-state index >= 15 is 0 Å². The third kappa shape index (κ3) is 44.7. The van der Waals surface area contributed by atoms with Crippen LogP contribution in [0.1, 0.15) is 162 Å². The lowest BCUT2D eigenvalue weighted by molar-refractivity contribution is -0.887. The monoisotopic (exact) mass is 915 g/mol. The van der Waals surface area contributed by atoms with Crippen molar-refractivity contribution >= 4 is 17.9 Å². The highest BCUT2D eigenvalue weighted by atomic mass is 16.6. The van der Waals surface area contributed by atoms with Gasteiger partial charge in [0.1, 0.15) is 6.61 Å². The number of nitrogens with zero attached hydrogens (tertiary/aromatic N) is 1. The Hall–Kier alpha value is -4.53. The van der Waals surface area contributed by atoms with Gasteiger partial charge in [-0.1, -0.05) is 167 Å². The van der Waals surface area contributed by atoms with Crippen LogP contribution in [0.5, 0.6) is 0 Å². The molecule has 0 aliphatic heterocycles. The zero-order valence-corrected chi connectivity index (χ0v) is 42.1. The summed E-state index contributed by atoms with van der Waals surface area (Å²) in [4.78, 5) is 37.2. The Labute approximate surface area is 403 Å². The number of unbranched alkanes of at least 4 members (excludes halogenated alkanes) is 7. The lowest BCUT2D eigenvalue weighted by Gasteiger charge is -2.31. The molecule has 0 spiro atoms. The SMILES string of the molecule is CC/C=C/C/C=C/C/C=C/C/C=C/C/C=C/C/C=C/CCCCCCC(=O)OC(COCCC(C(=O)O)[N+](C)(C)C)COC(=O)CCCCC/C=C/C/C=C/C/C=C/C/C=C/C/C=C/CC. The van der Waals surface area contributed by atoms with Gasteiger partial charge in [0.15, 0.2) is 12.1 Å². The molecule has 66 heavy (non-hydrogen) atoms. The van der Waals surface area contributed by atoms with Crippen molar-refractivity contribution in [2.24, 2.45) is 0 Å². The fourth-order valence-electron chi connectivity index (χ4n) is 6.47. The molecule has 0 amide bonds. The third-order valence-corrected chi connectivity index (χ3v) is 10.3. The van der Waals surface area contributed by atoms with Gasteiger partial charge in [0, 0.05) is 19.3 Å². The Bertz CT molecular complexity index is 1530. The Kier molecular flexibility index (Phi) is 43.8. The van der Waals surface area contributed by atoms with E-state index in [-0.39, 0.29) is 42.7 Å². The van der Waals surface area contributed by atoms with Gasteiger partial charge in [0.25, 0.3) is 0 Å². The summed E-state index contributed by atoms with van der Waals surface area (Å²) in [5.74, 6) is -1.56. The van der Waals surface area contributed by atoms with Crippen molar-refractivity contribution in [2.75, 3.05) is 41.0 Å². The lowest BCUT2D eigenvalue weighted by atomic mass is 10.1. The molecule has 0 heterocycles. The first kappa shape index (κ1) is 61.5. The Morgan fingerprint density at radius 3 is 1.18 bits per heavy atom. The van der Waals surface area contributed by atoms with Gasteiger partial charge in [-0.2, -0.15) is 0 Å². The summed E-state index contributed by atoms with van der Waals surface area (Å²) in [6.07, 6.45) is 67.9. The number of ether oxygens (including phenoxy) is 3. The zero-order chi connectivity index (χ0) is 48.4. The quantitative estimate of drug-likeness (QED) is 0.0281. The Morgan fingerprint density at radius 2 is 0.803 bits per heavy atom. The highest BCUT2D eigenvalue weighted by Gasteiger charge is 2.31. The molecule has 0 aliphatic carbocycles. The number of carboxylic acids is 1. The van der Waals surface area contributed by atoms with Crippen molar-refractivity contribution in [3.05, 3.63) is 134 Å². The van der Waals surface area contributed by atoms with Gasteiger partial charge in [-0.3, -0.25) is 9.59 Å². The van der Waals surface area contributed by atoms with Crippen LogP contribution in [-0.4, -0.2) is 80.6 Å². The largest absolute Gasteiger partial charge is 0.477 e. The van der Waals surface area contributed by atoms with Gasteiger partial charge >= 0.3 is 17.9 Å². The van der Waals surface area contributed by atoms with Crippen molar-refractivity contribution in [2.45, 2.75) is 174 Å². The summed E-state index contributed by atoms with van der Waals surface area (Å²) in [5, 5.41) is 9.65. The van der Waals surface area contributed by atoms with E-state index < -0.39 is 18.1 Å². The summed E-state index contributed by atoms with van der Waals surface area (Å²) >= 11 is 0. The second-order valence-corrected chi connectivity index (χ2v) is 17.3. The number of hydrogen-bond acceptors (Lipinski definition) is 6. The van der Waals surface area contributed by atoms with Crippen LogP contribution in [0.2, 0.25) is 0 Å². The average molecular weight is 915 g/mol. The Balaban J connectivity index is 4.42. The number of esters is 2. The molecular weight excluding hydrogens is 823 g/mol. The van der Waals surface area contributed by atoms with Crippen LogP contribution < -0.4 is 0 Å². The molecule has 0 aliphatic rings. The molecule has 0 saturated carbocycles. The average Bonchev–Trinajstić information content (AvgIpc) is 3.28. The second kappa shape index (κ2) is 47.0. The summed E-state index contributed by atoms with van der Waals surface area (Å²) in [6, 6.07) is -0.635. The van der Waals surface area contributed by atoms with Crippen LogP contribution in [-0.2, 0) is 28.6 Å². The van der Waals surface area contributed by atoms with Crippen LogP contribution >= 0.6 is 0 Å². The van der Waals surface area contributed by atoms with E-state index in [1.54, 1.807) is 0 Å². The number of quaternary nitrogens is 1. The van der Waals surface area contributed by atoms with Crippen molar-refractivity contribution in [1.29, 1.82) is 0 Å². The van der Waals surface area contributed by atoms with Crippen LogP contribution in [0.25, 0.3) is 0 Å². The molecule has 0 fully saturated rings. The van der Waals surface area contributed by atoms with E-state index in [0.717, 1.165) is 128 Å². The molecule has 370 valence electrons. The zero-order valence-electron chi connectivity index (χ0n) is 42.1. The van der Waals surface area contributed by atoms with Gasteiger partial charge < -0.3 is 23.8 Å².